The van der Waals surface area contributed by atoms with Crippen LogP contribution in [-0.4, -0.2) is 33.5 Å². The van der Waals surface area contributed by atoms with Gasteiger partial charge in [-0.2, -0.15) is 13.2 Å². The van der Waals surface area contributed by atoms with Gasteiger partial charge in [0.05, 0.1) is 18.0 Å². The third-order valence-electron chi connectivity index (χ3n) is 5.38. The van der Waals surface area contributed by atoms with Gasteiger partial charge in [0.1, 0.15) is 11.5 Å². The molecule has 0 fully saturated rings. The lowest BCUT2D eigenvalue weighted by atomic mass is 9.95. The molecule has 0 spiro atoms. The summed E-state index contributed by atoms with van der Waals surface area (Å²) in [7, 11) is 0. The Labute approximate surface area is 206 Å². The Morgan fingerprint density at radius 2 is 1.64 bits per heavy atom. The van der Waals surface area contributed by atoms with Crippen molar-refractivity contribution >= 4 is 17.7 Å². The number of anilines is 1. The molecule has 190 valence electrons. The number of nitrogens with zero attached hydrogens (tertiary/aromatic N) is 2. The maximum atomic E-state index is 12.8. The van der Waals surface area contributed by atoms with E-state index in [0.29, 0.717) is 22.9 Å². The van der Waals surface area contributed by atoms with Crippen LogP contribution in [0.1, 0.15) is 54.3 Å². The average Bonchev–Trinajstić information content (AvgIpc) is 2.83. The minimum Gasteiger partial charge on any atom is -0.481 e. The van der Waals surface area contributed by atoms with Crippen LogP contribution in [0.15, 0.2) is 60.9 Å². The van der Waals surface area contributed by atoms with Gasteiger partial charge in [0, 0.05) is 24.5 Å². The summed E-state index contributed by atoms with van der Waals surface area (Å²) in [6.45, 7) is 4.22. The molecule has 3 N–H and O–H groups in total. The highest BCUT2D eigenvalue weighted by molar-refractivity contribution is 5.94. The summed E-state index contributed by atoms with van der Waals surface area (Å²) in [5, 5.41) is 14.6. The minimum atomic E-state index is -4.48. The van der Waals surface area contributed by atoms with Crippen molar-refractivity contribution in [1.29, 1.82) is 0 Å². The molecule has 0 radical (unpaired) electrons. The van der Waals surface area contributed by atoms with Crippen LogP contribution in [0.5, 0.6) is 0 Å². The highest BCUT2D eigenvalue weighted by Gasteiger charge is 2.32. The molecule has 0 aliphatic carbocycles. The van der Waals surface area contributed by atoms with Gasteiger partial charge in [-0.1, -0.05) is 44.2 Å². The molecule has 1 amide bonds. The maximum Gasteiger partial charge on any atom is 0.433 e. The normalized spacial score (nSPS) is 12.3. The minimum absolute atomic E-state index is 0.0309. The van der Waals surface area contributed by atoms with Crippen molar-refractivity contribution in [2.45, 2.75) is 38.9 Å². The van der Waals surface area contributed by atoms with Crippen LogP contribution in [0.4, 0.5) is 19.0 Å². The molecular weight excluding hydrogens is 473 g/mol. The number of aromatic nitrogens is 2. The number of pyridine rings is 2. The fourth-order valence-corrected chi connectivity index (χ4v) is 3.57. The molecule has 2 heterocycles. The third kappa shape index (κ3) is 7.53. The molecule has 0 bridgehead atoms. The van der Waals surface area contributed by atoms with Crippen molar-refractivity contribution in [3.05, 3.63) is 77.7 Å². The Morgan fingerprint density at radius 1 is 0.944 bits per heavy atom. The van der Waals surface area contributed by atoms with Crippen molar-refractivity contribution in [2.75, 3.05) is 11.9 Å². The first-order valence-corrected chi connectivity index (χ1v) is 11.4. The van der Waals surface area contributed by atoms with E-state index in [-0.39, 0.29) is 19.0 Å². The lowest BCUT2D eigenvalue weighted by molar-refractivity contribution is -0.141. The van der Waals surface area contributed by atoms with E-state index < -0.39 is 23.7 Å². The second-order valence-electron chi connectivity index (χ2n) is 8.71. The molecule has 3 rings (SSSR count). The van der Waals surface area contributed by atoms with Gasteiger partial charge in [-0.05, 0) is 41.7 Å². The molecule has 10 heteroatoms. The first kappa shape index (κ1) is 26.7. The monoisotopic (exact) mass is 500 g/mol. The van der Waals surface area contributed by atoms with Gasteiger partial charge < -0.3 is 15.7 Å². The first-order valence-electron chi connectivity index (χ1n) is 11.4. The van der Waals surface area contributed by atoms with E-state index in [2.05, 4.69) is 34.4 Å². The molecule has 1 aromatic carbocycles. The average molecular weight is 501 g/mol. The second-order valence-corrected chi connectivity index (χ2v) is 8.71. The first-order chi connectivity index (χ1) is 17.0. The van der Waals surface area contributed by atoms with Gasteiger partial charge in [-0.25, -0.2) is 4.98 Å². The number of amides is 1. The molecule has 0 aliphatic rings. The number of hydrogen-bond donors (Lipinski definition) is 3. The second kappa shape index (κ2) is 11.7. The Hall–Kier alpha value is -3.95. The van der Waals surface area contributed by atoms with Gasteiger partial charge in [0.2, 0.25) is 0 Å². The van der Waals surface area contributed by atoms with E-state index in [0.717, 1.165) is 23.6 Å². The van der Waals surface area contributed by atoms with Gasteiger partial charge in [-0.15, -0.1) is 0 Å². The molecule has 7 nitrogen and oxygen atoms in total. The lowest BCUT2D eigenvalue weighted by Crippen LogP contribution is -2.26. The van der Waals surface area contributed by atoms with Crippen molar-refractivity contribution in [2.24, 2.45) is 5.92 Å². The van der Waals surface area contributed by atoms with Gasteiger partial charge >= 0.3 is 12.1 Å². The van der Waals surface area contributed by atoms with Gasteiger partial charge in [-0.3, -0.25) is 14.6 Å². The molecule has 0 saturated carbocycles. The molecular formula is C26H27F3N4O3. The number of benzene rings is 1. The number of nitrogens with one attached hydrogen (secondary N) is 2. The Bertz CT molecular complexity index is 1160. The molecule has 1 atom stereocenters. The number of halogens is 3. The Kier molecular flexibility index (Phi) is 8.63. The SMILES string of the molecule is CC(C)CC(Nc1ccc(C(=O)NCCC(=O)O)cn1)c1ccc(-c2ccc(C(F)(F)F)nc2)cc1. The van der Waals surface area contributed by atoms with Crippen molar-refractivity contribution in [3.8, 4) is 11.1 Å². The topological polar surface area (TPSA) is 104 Å². The predicted octanol–water partition coefficient (Wildman–Crippen LogP) is 5.57. The highest BCUT2D eigenvalue weighted by Crippen LogP contribution is 2.30. The molecule has 1 unspecified atom stereocenters. The maximum absolute atomic E-state index is 12.8. The number of carbonyl (C=O) groups excluding carboxylic acids is 1. The quantitative estimate of drug-likeness (QED) is 0.336. The molecule has 2 aromatic heterocycles. The van der Waals surface area contributed by atoms with Crippen LogP contribution in [0.3, 0.4) is 0 Å². The number of alkyl halides is 3. The van der Waals surface area contributed by atoms with E-state index in [1.54, 1.807) is 12.1 Å². The number of carboxylic acids is 1. The van der Waals surface area contributed by atoms with Crippen LogP contribution >= 0.6 is 0 Å². The van der Waals surface area contributed by atoms with Crippen LogP contribution in [-0.2, 0) is 11.0 Å². The van der Waals surface area contributed by atoms with Crippen molar-refractivity contribution < 1.29 is 27.9 Å². The summed E-state index contributed by atoms with van der Waals surface area (Å²) in [6.07, 6.45) is -1.21. The molecule has 0 aliphatic heterocycles. The summed E-state index contributed by atoms with van der Waals surface area (Å²) >= 11 is 0. The summed E-state index contributed by atoms with van der Waals surface area (Å²) in [5.41, 5.74) is 1.70. The number of carbonyl (C=O) groups is 2. The standard InChI is InChI=1S/C26H27F3N4O3/c1-16(2)13-21(33-23-10-8-20(15-32-23)25(36)30-12-11-24(34)35)18-5-3-17(4-6-18)19-7-9-22(31-14-19)26(27,28)29/h3-10,14-16,21H,11-13H2,1-2H3,(H,30,36)(H,32,33)(H,34,35). The van der Waals surface area contributed by atoms with E-state index in [1.165, 1.54) is 18.5 Å². The molecule has 3 aromatic rings. The van der Waals surface area contributed by atoms with E-state index >= 15 is 0 Å². The fourth-order valence-electron chi connectivity index (χ4n) is 3.57. The number of rotatable bonds is 10. The highest BCUT2D eigenvalue weighted by atomic mass is 19.4. The summed E-state index contributed by atoms with van der Waals surface area (Å²) in [5.74, 6) is -0.463. The number of hydrogen-bond acceptors (Lipinski definition) is 5. The zero-order valence-electron chi connectivity index (χ0n) is 19.8. The summed E-state index contributed by atoms with van der Waals surface area (Å²) in [6, 6.07) is 13.1. The van der Waals surface area contributed by atoms with E-state index in [9.17, 15) is 22.8 Å². The van der Waals surface area contributed by atoms with Gasteiger partial charge in [0.15, 0.2) is 0 Å². The zero-order chi connectivity index (χ0) is 26.3. The largest absolute Gasteiger partial charge is 0.481 e. The van der Waals surface area contributed by atoms with E-state index in [4.69, 9.17) is 5.11 Å². The molecule has 0 saturated heterocycles. The van der Waals surface area contributed by atoms with Crippen molar-refractivity contribution in [1.82, 2.24) is 15.3 Å². The number of carboxylic acid groups (broad SMARTS) is 1. The summed E-state index contributed by atoms with van der Waals surface area (Å²) in [4.78, 5) is 30.5. The van der Waals surface area contributed by atoms with Gasteiger partial charge in [0.25, 0.3) is 5.91 Å². The van der Waals surface area contributed by atoms with Crippen LogP contribution in [0, 0.1) is 5.92 Å². The molecule has 36 heavy (non-hydrogen) atoms. The Balaban J connectivity index is 1.70. The smallest absolute Gasteiger partial charge is 0.433 e. The van der Waals surface area contributed by atoms with Crippen LogP contribution in [0.25, 0.3) is 11.1 Å². The fraction of sp³-hybridized carbons (Fsp3) is 0.308. The zero-order valence-corrected chi connectivity index (χ0v) is 19.8. The van der Waals surface area contributed by atoms with Crippen LogP contribution in [0.2, 0.25) is 0 Å². The summed E-state index contributed by atoms with van der Waals surface area (Å²) < 4.78 is 38.3. The third-order valence-corrected chi connectivity index (χ3v) is 5.38. The lowest BCUT2D eigenvalue weighted by Gasteiger charge is -2.22. The Morgan fingerprint density at radius 3 is 2.17 bits per heavy atom. The number of aliphatic carboxylic acids is 1. The van der Waals surface area contributed by atoms with Crippen molar-refractivity contribution in [3.63, 3.8) is 0 Å². The van der Waals surface area contributed by atoms with Crippen LogP contribution < -0.4 is 10.6 Å². The van der Waals surface area contributed by atoms with E-state index in [1.807, 2.05) is 24.3 Å². The predicted molar refractivity (Wildman–Crippen MR) is 129 cm³/mol.